The van der Waals surface area contributed by atoms with Crippen LogP contribution in [0.5, 0.6) is 0 Å². The Bertz CT molecular complexity index is 480. The number of pyridine rings is 1. The summed E-state index contributed by atoms with van der Waals surface area (Å²) in [5.74, 6) is 5.26. The molecule has 0 saturated heterocycles. The van der Waals surface area contributed by atoms with E-state index < -0.39 is 5.60 Å². The molecule has 0 aliphatic carbocycles. The first kappa shape index (κ1) is 10.1. The summed E-state index contributed by atoms with van der Waals surface area (Å²) in [7, 11) is 0. The number of fused-ring (bicyclic) bond motifs is 1. The van der Waals surface area contributed by atoms with Crippen LogP contribution in [0.25, 0.3) is 10.9 Å². The van der Waals surface area contributed by atoms with E-state index in [0.717, 1.165) is 16.5 Å². The van der Waals surface area contributed by atoms with Gasteiger partial charge in [0.2, 0.25) is 0 Å². The molecule has 78 valence electrons. The maximum Gasteiger partial charge on any atom is 0.109 e. The van der Waals surface area contributed by atoms with Crippen molar-refractivity contribution in [2.75, 3.05) is 0 Å². The second kappa shape index (κ2) is 3.61. The van der Waals surface area contributed by atoms with Gasteiger partial charge in [-0.2, -0.15) is 0 Å². The summed E-state index contributed by atoms with van der Waals surface area (Å²) in [6.45, 7) is 3.86. The van der Waals surface area contributed by atoms with E-state index in [1.165, 1.54) is 0 Å². The minimum Gasteiger partial charge on any atom is -0.294 e. The summed E-state index contributed by atoms with van der Waals surface area (Å²) < 4.78 is 0. The second-order valence-corrected chi connectivity index (χ2v) is 4.04. The Morgan fingerprint density at radius 1 is 1.27 bits per heavy atom. The van der Waals surface area contributed by atoms with Crippen LogP contribution in [0.2, 0.25) is 0 Å². The Labute approximate surface area is 88.8 Å². The molecule has 2 N–H and O–H groups in total. The monoisotopic (exact) mass is 202 g/mol. The number of benzene rings is 1. The predicted octanol–water partition coefficient (Wildman–Crippen LogP) is 2.36. The van der Waals surface area contributed by atoms with Crippen molar-refractivity contribution in [3.8, 4) is 0 Å². The van der Waals surface area contributed by atoms with Crippen LogP contribution in [0.3, 0.4) is 0 Å². The average Bonchev–Trinajstić information content (AvgIpc) is 2.28. The van der Waals surface area contributed by atoms with Crippen molar-refractivity contribution in [1.82, 2.24) is 4.98 Å². The van der Waals surface area contributed by atoms with Gasteiger partial charge in [-0.25, -0.2) is 5.90 Å². The molecule has 0 spiro atoms. The summed E-state index contributed by atoms with van der Waals surface area (Å²) in [5.41, 5.74) is 1.50. The highest BCUT2D eigenvalue weighted by molar-refractivity contribution is 5.79. The van der Waals surface area contributed by atoms with Gasteiger partial charge in [-0.1, -0.05) is 18.2 Å². The van der Waals surface area contributed by atoms with Gasteiger partial charge in [0.1, 0.15) is 5.60 Å². The van der Waals surface area contributed by atoms with Gasteiger partial charge in [-0.05, 0) is 31.5 Å². The fourth-order valence-corrected chi connectivity index (χ4v) is 1.51. The molecule has 1 aromatic heterocycles. The molecule has 2 aromatic rings. The van der Waals surface area contributed by atoms with E-state index in [9.17, 15) is 0 Å². The topological polar surface area (TPSA) is 48.1 Å². The van der Waals surface area contributed by atoms with Crippen LogP contribution in [-0.2, 0) is 10.4 Å². The molecular formula is C12H14N2O. The van der Waals surface area contributed by atoms with E-state index in [1.54, 1.807) is 6.20 Å². The Morgan fingerprint density at radius 3 is 2.80 bits per heavy atom. The standard InChI is InChI=1S/C12H14N2O/c1-12(2,15-13)10-6-5-9-4-3-7-14-11(9)8-10/h3-8H,13H2,1-2H3. The molecule has 0 aliphatic rings. The molecule has 3 heteroatoms. The first-order valence-electron chi connectivity index (χ1n) is 4.87. The molecule has 0 atom stereocenters. The highest BCUT2D eigenvalue weighted by Crippen LogP contribution is 2.25. The van der Waals surface area contributed by atoms with Crippen molar-refractivity contribution in [3.05, 3.63) is 42.1 Å². The molecule has 0 amide bonds. The van der Waals surface area contributed by atoms with Crippen LogP contribution >= 0.6 is 0 Å². The molecule has 0 radical (unpaired) electrons. The summed E-state index contributed by atoms with van der Waals surface area (Å²) in [5, 5.41) is 1.12. The van der Waals surface area contributed by atoms with E-state index in [2.05, 4.69) is 4.98 Å². The zero-order chi connectivity index (χ0) is 10.9. The lowest BCUT2D eigenvalue weighted by Crippen LogP contribution is -2.25. The van der Waals surface area contributed by atoms with Crippen molar-refractivity contribution in [3.63, 3.8) is 0 Å². The summed E-state index contributed by atoms with van der Waals surface area (Å²) >= 11 is 0. The van der Waals surface area contributed by atoms with Crippen LogP contribution in [0.15, 0.2) is 36.5 Å². The maximum absolute atomic E-state index is 5.26. The minimum atomic E-state index is -0.480. The zero-order valence-corrected chi connectivity index (χ0v) is 8.90. The van der Waals surface area contributed by atoms with Crippen molar-refractivity contribution < 1.29 is 4.84 Å². The Morgan fingerprint density at radius 2 is 2.07 bits per heavy atom. The number of nitrogens with zero attached hydrogens (tertiary/aromatic N) is 1. The molecule has 0 fully saturated rings. The summed E-state index contributed by atoms with van der Waals surface area (Å²) in [6.07, 6.45) is 1.78. The third kappa shape index (κ3) is 1.84. The van der Waals surface area contributed by atoms with Gasteiger partial charge in [0, 0.05) is 11.6 Å². The smallest absolute Gasteiger partial charge is 0.109 e. The lowest BCUT2D eigenvalue weighted by atomic mass is 9.97. The molecule has 0 bridgehead atoms. The predicted molar refractivity (Wildman–Crippen MR) is 60.0 cm³/mol. The Kier molecular flexibility index (Phi) is 2.42. The Hall–Kier alpha value is -1.45. The largest absolute Gasteiger partial charge is 0.294 e. The van der Waals surface area contributed by atoms with Crippen molar-refractivity contribution in [2.45, 2.75) is 19.4 Å². The van der Waals surface area contributed by atoms with E-state index >= 15 is 0 Å². The van der Waals surface area contributed by atoms with E-state index in [1.807, 2.05) is 44.2 Å². The first-order valence-corrected chi connectivity index (χ1v) is 4.87. The number of nitrogens with two attached hydrogens (primary N) is 1. The molecule has 1 aromatic carbocycles. The van der Waals surface area contributed by atoms with Gasteiger partial charge in [0.25, 0.3) is 0 Å². The fourth-order valence-electron chi connectivity index (χ4n) is 1.51. The quantitative estimate of drug-likeness (QED) is 0.760. The second-order valence-electron chi connectivity index (χ2n) is 4.04. The summed E-state index contributed by atoms with van der Waals surface area (Å²) in [4.78, 5) is 9.24. The van der Waals surface area contributed by atoms with Gasteiger partial charge in [-0.3, -0.25) is 9.82 Å². The van der Waals surface area contributed by atoms with Gasteiger partial charge < -0.3 is 0 Å². The molecule has 0 unspecified atom stereocenters. The van der Waals surface area contributed by atoms with E-state index in [0.29, 0.717) is 0 Å². The number of hydrogen-bond acceptors (Lipinski definition) is 3. The SMILES string of the molecule is CC(C)(ON)c1ccc2cccnc2c1. The van der Waals surface area contributed by atoms with Gasteiger partial charge in [-0.15, -0.1) is 0 Å². The molecule has 3 nitrogen and oxygen atoms in total. The lowest BCUT2D eigenvalue weighted by molar-refractivity contribution is -0.0235. The maximum atomic E-state index is 5.26. The minimum absolute atomic E-state index is 0.480. The van der Waals surface area contributed by atoms with Crippen molar-refractivity contribution in [1.29, 1.82) is 0 Å². The number of rotatable bonds is 2. The summed E-state index contributed by atoms with van der Waals surface area (Å²) in [6, 6.07) is 9.99. The molecule has 0 aliphatic heterocycles. The van der Waals surface area contributed by atoms with Crippen LogP contribution in [-0.4, -0.2) is 4.98 Å². The van der Waals surface area contributed by atoms with Crippen LogP contribution < -0.4 is 5.90 Å². The highest BCUT2D eigenvalue weighted by atomic mass is 16.6. The third-order valence-corrected chi connectivity index (χ3v) is 2.60. The van der Waals surface area contributed by atoms with Gasteiger partial charge >= 0.3 is 0 Å². The number of aromatic nitrogens is 1. The van der Waals surface area contributed by atoms with Crippen LogP contribution in [0, 0.1) is 0 Å². The van der Waals surface area contributed by atoms with Crippen LogP contribution in [0.4, 0.5) is 0 Å². The Balaban J connectivity index is 2.56. The van der Waals surface area contributed by atoms with E-state index in [4.69, 9.17) is 10.7 Å². The highest BCUT2D eigenvalue weighted by Gasteiger charge is 2.20. The van der Waals surface area contributed by atoms with E-state index in [-0.39, 0.29) is 0 Å². The average molecular weight is 202 g/mol. The van der Waals surface area contributed by atoms with Crippen molar-refractivity contribution in [2.24, 2.45) is 5.90 Å². The van der Waals surface area contributed by atoms with Crippen LogP contribution in [0.1, 0.15) is 19.4 Å². The zero-order valence-electron chi connectivity index (χ0n) is 8.90. The van der Waals surface area contributed by atoms with Gasteiger partial charge in [0.15, 0.2) is 0 Å². The van der Waals surface area contributed by atoms with Gasteiger partial charge in [0.05, 0.1) is 5.52 Å². The fraction of sp³-hybridized carbons (Fsp3) is 0.250. The molecule has 2 rings (SSSR count). The third-order valence-electron chi connectivity index (χ3n) is 2.60. The number of hydrogen-bond donors (Lipinski definition) is 1. The molecule has 1 heterocycles. The first-order chi connectivity index (χ1) is 7.13. The lowest BCUT2D eigenvalue weighted by Gasteiger charge is -2.22. The molecular weight excluding hydrogens is 188 g/mol. The molecule has 0 saturated carbocycles. The normalized spacial score (nSPS) is 11.9. The van der Waals surface area contributed by atoms with Crippen molar-refractivity contribution >= 4 is 10.9 Å². The molecule has 15 heavy (non-hydrogen) atoms.